The average Bonchev–Trinajstić information content (AvgIpc) is 2.95. The summed E-state index contributed by atoms with van der Waals surface area (Å²) >= 11 is 0. The summed E-state index contributed by atoms with van der Waals surface area (Å²) in [5, 5.41) is 30.2. The van der Waals surface area contributed by atoms with Gasteiger partial charge in [-0.2, -0.15) is 10.4 Å². The van der Waals surface area contributed by atoms with E-state index in [1.165, 1.54) is 6.07 Å². The largest absolute Gasteiger partial charge is 0.376 e. The van der Waals surface area contributed by atoms with Crippen LogP contribution in [0.3, 0.4) is 0 Å². The molecule has 0 unspecified atom stereocenters. The van der Waals surface area contributed by atoms with Gasteiger partial charge in [0.2, 0.25) is 0 Å². The molecule has 1 aromatic carbocycles. The van der Waals surface area contributed by atoms with E-state index in [2.05, 4.69) is 15.5 Å². The fourth-order valence-corrected chi connectivity index (χ4v) is 2.63. The molecular formula is C14H13N5O2. The third-order valence-electron chi connectivity index (χ3n) is 3.70. The van der Waals surface area contributed by atoms with Crippen molar-refractivity contribution >= 4 is 11.4 Å². The lowest BCUT2D eigenvalue weighted by atomic mass is 9.93. The number of hydrogen-bond acceptors (Lipinski definition) is 5. The van der Waals surface area contributed by atoms with Gasteiger partial charge in [0.15, 0.2) is 0 Å². The van der Waals surface area contributed by atoms with Crippen LogP contribution < -0.4 is 5.32 Å². The second-order valence-corrected chi connectivity index (χ2v) is 5.06. The monoisotopic (exact) mass is 283 g/mol. The Morgan fingerprint density at radius 3 is 3.14 bits per heavy atom. The summed E-state index contributed by atoms with van der Waals surface area (Å²) in [6.07, 6.45) is 4.34. The highest BCUT2D eigenvalue weighted by Gasteiger charge is 2.23. The summed E-state index contributed by atoms with van der Waals surface area (Å²) in [7, 11) is 0. The Morgan fingerprint density at radius 1 is 1.52 bits per heavy atom. The van der Waals surface area contributed by atoms with Crippen molar-refractivity contribution in [2.45, 2.75) is 25.3 Å². The molecule has 3 rings (SSSR count). The van der Waals surface area contributed by atoms with Crippen molar-refractivity contribution in [3.8, 4) is 6.07 Å². The Hall–Kier alpha value is -2.88. The van der Waals surface area contributed by atoms with E-state index in [1.807, 2.05) is 6.07 Å². The van der Waals surface area contributed by atoms with Gasteiger partial charge in [0.05, 0.1) is 22.8 Å². The number of rotatable bonds is 3. The summed E-state index contributed by atoms with van der Waals surface area (Å²) in [5.74, 6) is 0. The number of anilines is 1. The number of benzene rings is 1. The lowest BCUT2D eigenvalue weighted by molar-refractivity contribution is -0.384. The molecule has 2 aromatic rings. The van der Waals surface area contributed by atoms with E-state index in [0.29, 0.717) is 5.69 Å². The molecule has 0 saturated heterocycles. The predicted molar refractivity (Wildman–Crippen MR) is 75.8 cm³/mol. The molecule has 2 N–H and O–H groups in total. The van der Waals surface area contributed by atoms with Crippen molar-refractivity contribution in [3.63, 3.8) is 0 Å². The van der Waals surface area contributed by atoms with Crippen LogP contribution in [0.15, 0.2) is 24.4 Å². The number of nitro benzene ring substituents is 1. The molecule has 1 aliphatic carbocycles. The van der Waals surface area contributed by atoms with Gasteiger partial charge in [-0.15, -0.1) is 0 Å². The van der Waals surface area contributed by atoms with Crippen molar-refractivity contribution in [2.75, 3.05) is 5.32 Å². The first-order valence-corrected chi connectivity index (χ1v) is 6.63. The number of nitro groups is 1. The highest BCUT2D eigenvalue weighted by atomic mass is 16.6. The van der Waals surface area contributed by atoms with Crippen LogP contribution in [0.2, 0.25) is 0 Å². The zero-order chi connectivity index (χ0) is 14.8. The van der Waals surface area contributed by atoms with E-state index in [9.17, 15) is 10.1 Å². The molecule has 21 heavy (non-hydrogen) atoms. The number of aromatic amines is 1. The summed E-state index contributed by atoms with van der Waals surface area (Å²) in [6, 6.07) is 6.53. The van der Waals surface area contributed by atoms with E-state index in [4.69, 9.17) is 5.26 Å². The Kier molecular flexibility index (Phi) is 3.28. The highest BCUT2D eigenvalue weighted by Crippen LogP contribution is 2.29. The maximum Gasteiger partial charge on any atom is 0.293 e. The number of nitrogens with zero attached hydrogens (tertiary/aromatic N) is 3. The van der Waals surface area contributed by atoms with E-state index in [1.54, 1.807) is 18.3 Å². The van der Waals surface area contributed by atoms with Crippen LogP contribution in [0.25, 0.3) is 0 Å². The summed E-state index contributed by atoms with van der Waals surface area (Å²) in [5.41, 5.74) is 2.97. The number of nitrogens with one attached hydrogen (secondary N) is 2. The number of aryl methyl sites for hydroxylation is 1. The molecule has 0 radical (unpaired) electrons. The van der Waals surface area contributed by atoms with E-state index in [-0.39, 0.29) is 17.3 Å². The second kappa shape index (κ2) is 5.25. The zero-order valence-corrected chi connectivity index (χ0v) is 11.2. The highest BCUT2D eigenvalue weighted by molar-refractivity contribution is 5.64. The van der Waals surface area contributed by atoms with Crippen molar-refractivity contribution in [1.29, 1.82) is 5.26 Å². The van der Waals surface area contributed by atoms with Gasteiger partial charge in [0.25, 0.3) is 5.69 Å². The number of nitriles is 1. The number of hydrogen-bond donors (Lipinski definition) is 2. The molecule has 1 heterocycles. The molecule has 1 aromatic heterocycles. The van der Waals surface area contributed by atoms with Crippen molar-refractivity contribution in [2.24, 2.45) is 0 Å². The topological polar surface area (TPSA) is 108 Å². The minimum absolute atomic E-state index is 0.0629. The normalized spacial score (nSPS) is 16.8. The number of fused-ring (bicyclic) bond motifs is 1. The zero-order valence-electron chi connectivity index (χ0n) is 11.2. The third-order valence-corrected chi connectivity index (χ3v) is 3.70. The van der Waals surface area contributed by atoms with Crippen molar-refractivity contribution in [3.05, 3.63) is 51.3 Å². The predicted octanol–water partition coefficient (Wildman–Crippen LogP) is 2.16. The van der Waals surface area contributed by atoms with Gasteiger partial charge in [0.1, 0.15) is 5.69 Å². The van der Waals surface area contributed by atoms with E-state index >= 15 is 0 Å². The Labute approximate surface area is 120 Å². The Morgan fingerprint density at radius 2 is 2.38 bits per heavy atom. The molecule has 0 spiro atoms. The summed E-state index contributed by atoms with van der Waals surface area (Å²) < 4.78 is 0. The molecular weight excluding hydrogens is 270 g/mol. The fourth-order valence-electron chi connectivity index (χ4n) is 2.63. The van der Waals surface area contributed by atoms with Crippen LogP contribution >= 0.6 is 0 Å². The van der Waals surface area contributed by atoms with Gasteiger partial charge < -0.3 is 5.32 Å². The fraction of sp³-hybridized carbons (Fsp3) is 0.286. The molecule has 1 atom stereocenters. The first kappa shape index (κ1) is 13.1. The van der Waals surface area contributed by atoms with Crippen LogP contribution in [0.4, 0.5) is 11.4 Å². The van der Waals surface area contributed by atoms with Crippen LogP contribution in [-0.2, 0) is 12.8 Å². The minimum atomic E-state index is -0.463. The van der Waals surface area contributed by atoms with Crippen LogP contribution in [0.1, 0.15) is 23.2 Å². The molecule has 0 aliphatic heterocycles. The maximum absolute atomic E-state index is 11.1. The van der Waals surface area contributed by atoms with Crippen LogP contribution in [-0.4, -0.2) is 21.2 Å². The molecule has 7 heteroatoms. The maximum atomic E-state index is 11.1. The molecule has 0 bridgehead atoms. The first-order valence-electron chi connectivity index (χ1n) is 6.63. The van der Waals surface area contributed by atoms with Gasteiger partial charge in [-0.25, -0.2) is 0 Å². The van der Waals surface area contributed by atoms with Crippen molar-refractivity contribution < 1.29 is 4.92 Å². The van der Waals surface area contributed by atoms with Gasteiger partial charge in [-0.3, -0.25) is 15.2 Å². The smallest absolute Gasteiger partial charge is 0.293 e. The lowest BCUT2D eigenvalue weighted by Gasteiger charge is -2.23. The van der Waals surface area contributed by atoms with Gasteiger partial charge in [-0.1, -0.05) is 0 Å². The lowest BCUT2D eigenvalue weighted by Crippen LogP contribution is -2.27. The second-order valence-electron chi connectivity index (χ2n) is 5.06. The third kappa shape index (κ3) is 2.56. The molecule has 7 nitrogen and oxygen atoms in total. The van der Waals surface area contributed by atoms with Crippen molar-refractivity contribution in [1.82, 2.24) is 10.2 Å². The summed E-state index contributed by atoms with van der Waals surface area (Å²) in [6.45, 7) is 0. The van der Waals surface area contributed by atoms with Crippen LogP contribution in [0.5, 0.6) is 0 Å². The van der Waals surface area contributed by atoms with E-state index in [0.717, 1.165) is 30.5 Å². The van der Waals surface area contributed by atoms with Gasteiger partial charge in [-0.05, 0) is 37.0 Å². The Balaban J connectivity index is 1.83. The quantitative estimate of drug-likeness (QED) is 0.663. The van der Waals surface area contributed by atoms with Crippen LogP contribution in [0, 0.1) is 21.4 Å². The average molecular weight is 283 g/mol. The van der Waals surface area contributed by atoms with Gasteiger partial charge in [0, 0.05) is 17.8 Å². The number of aromatic nitrogens is 2. The molecule has 0 fully saturated rings. The minimum Gasteiger partial charge on any atom is -0.376 e. The standard InChI is InChI=1S/C14H13N5O2/c15-7-9-1-3-13(14(5-9)19(20)21)17-11-2-4-12-10(6-11)8-16-18-12/h1,3,5,8,11,17H,2,4,6H2,(H,16,18)/t11-/m1/s1. The number of H-pyrrole nitrogens is 1. The summed E-state index contributed by atoms with van der Waals surface area (Å²) in [4.78, 5) is 10.7. The Bertz CT molecular complexity index is 731. The van der Waals surface area contributed by atoms with Gasteiger partial charge >= 0.3 is 0 Å². The molecule has 106 valence electrons. The first-order chi connectivity index (χ1) is 10.2. The SMILES string of the molecule is N#Cc1ccc(N[C@@H]2CCc3[nH]ncc3C2)c([N+](=O)[O-])c1. The van der Waals surface area contributed by atoms with E-state index < -0.39 is 4.92 Å². The molecule has 0 saturated carbocycles. The molecule has 1 aliphatic rings. The molecule has 0 amide bonds.